The number of aromatic hydroxyl groups is 1. The molecule has 2 amide bonds. The zero-order valence-electron chi connectivity index (χ0n) is 28.3. The molecule has 10 N–H and O–H groups in total. The first-order valence-electron chi connectivity index (χ1n) is 17.0. The van der Waals surface area contributed by atoms with E-state index in [9.17, 15) is 24.3 Å². The van der Waals surface area contributed by atoms with Gasteiger partial charge in [-0.05, 0) is 98.4 Å². The lowest BCUT2D eigenvalue weighted by Gasteiger charge is -2.27. The van der Waals surface area contributed by atoms with E-state index in [1.807, 2.05) is 13.8 Å². The molecule has 0 aliphatic heterocycles. The van der Waals surface area contributed by atoms with Gasteiger partial charge in [0.2, 0.25) is 11.8 Å². The van der Waals surface area contributed by atoms with Crippen molar-refractivity contribution in [2.45, 2.75) is 103 Å². The van der Waals surface area contributed by atoms with E-state index in [1.54, 1.807) is 36.7 Å². The third-order valence-electron chi connectivity index (χ3n) is 9.42. The Labute approximate surface area is 283 Å². The first-order valence-corrected chi connectivity index (χ1v) is 17.0. The number of carbonyl (C=O) groups excluding carboxylic acids is 4. The van der Waals surface area contributed by atoms with E-state index in [1.165, 1.54) is 6.42 Å². The lowest BCUT2D eigenvalue weighted by atomic mass is 9.80. The SMILES string of the molecule is Cc1cc(O)cc(C)c1C[C@H](CC(=O)[C@H](N)CCCN=C(N)N)C(=O)N[C@@H](Cc1ccncc1)C(=O)C[C@@H](CC1CCCCC1)C(N)=O. The van der Waals surface area contributed by atoms with E-state index in [4.69, 9.17) is 22.9 Å². The molecule has 262 valence electrons. The number of benzene rings is 1. The van der Waals surface area contributed by atoms with Crippen molar-refractivity contribution in [3.8, 4) is 5.75 Å². The van der Waals surface area contributed by atoms with Gasteiger partial charge < -0.3 is 33.4 Å². The minimum atomic E-state index is -0.957. The Bertz CT molecular complexity index is 1400. The van der Waals surface area contributed by atoms with Crippen LogP contribution in [0.3, 0.4) is 0 Å². The predicted molar refractivity (Wildman–Crippen MR) is 186 cm³/mol. The maximum Gasteiger partial charge on any atom is 0.224 e. The molecule has 1 aliphatic carbocycles. The summed E-state index contributed by atoms with van der Waals surface area (Å²) in [6, 6.07) is 4.97. The molecule has 48 heavy (non-hydrogen) atoms. The number of nitrogens with two attached hydrogens (primary N) is 4. The molecule has 0 spiro atoms. The van der Waals surface area contributed by atoms with Gasteiger partial charge in [0, 0.05) is 43.6 Å². The van der Waals surface area contributed by atoms with Gasteiger partial charge >= 0.3 is 0 Å². The summed E-state index contributed by atoms with van der Waals surface area (Å²) >= 11 is 0. The van der Waals surface area contributed by atoms with Gasteiger partial charge in [0.25, 0.3) is 0 Å². The lowest BCUT2D eigenvalue weighted by Crippen LogP contribution is -2.47. The van der Waals surface area contributed by atoms with Crippen LogP contribution in [0.1, 0.15) is 86.5 Å². The van der Waals surface area contributed by atoms with Crippen LogP contribution >= 0.6 is 0 Å². The molecule has 0 unspecified atom stereocenters. The number of aryl methyl sites for hydroxylation is 2. The van der Waals surface area contributed by atoms with Crippen LogP contribution < -0.4 is 28.3 Å². The van der Waals surface area contributed by atoms with Gasteiger partial charge in [0.1, 0.15) is 11.5 Å². The highest BCUT2D eigenvalue weighted by molar-refractivity contribution is 5.94. The Kier molecular flexibility index (Phi) is 15.0. The molecule has 12 nitrogen and oxygen atoms in total. The number of pyridine rings is 1. The fourth-order valence-corrected chi connectivity index (χ4v) is 6.67. The summed E-state index contributed by atoms with van der Waals surface area (Å²) in [4.78, 5) is 61.9. The molecule has 4 atom stereocenters. The molecule has 1 aromatic heterocycles. The number of phenols is 1. The highest BCUT2D eigenvalue weighted by Crippen LogP contribution is 2.31. The average molecular weight is 664 g/mol. The van der Waals surface area contributed by atoms with Gasteiger partial charge in [-0.3, -0.25) is 29.2 Å². The predicted octanol–water partition coefficient (Wildman–Crippen LogP) is 2.66. The second-order valence-electron chi connectivity index (χ2n) is 13.3. The second kappa shape index (κ2) is 18.9. The molecule has 12 heteroatoms. The normalized spacial score (nSPS) is 15.9. The van der Waals surface area contributed by atoms with Crippen molar-refractivity contribution < 1.29 is 24.3 Å². The van der Waals surface area contributed by atoms with Gasteiger partial charge in [0.15, 0.2) is 11.7 Å². The number of primary amides is 1. The summed E-state index contributed by atoms with van der Waals surface area (Å²) in [7, 11) is 0. The summed E-state index contributed by atoms with van der Waals surface area (Å²) < 4.78 is 0. The van der Waals surface area contributed by atoms with Crippen molar-refractivity contribution in [2.24, 2.45) is 45.7 Å². The average Bonchev–Trinajstić information content (AvgIpc) is 3.04. The molecule has 1 aromatic carbocycles. The number of guanidine groups is 1. The van der Waals surface area contributed by atoms with Crippen LogP contribution in [-0.4, -0.2) is 58.1 Å². The van der Waals surface area contributed by atoms with E-state index in [2.05, 4.69) is 15.3 Å². The maximum atomic E-state index is 14.1. The molecule has 1 fully saturated rings. The quantitative estimate of drug-likeness (QED) is 0.0736. The van der Waals surface area contributed by atoms with Crippen LogP contribution in [0.25, 0.3) is 0 Å². The van der Waals surface area contributed by atoms with E-state index in [0.717, 1.165) is 47.9 Å². The summed E-state index contributed by atoms with van der Waals surface area (Å²) in [5.41, 5.74) is 26.0. The minimum absolute atomic E-state index is 0.0433. The van der Waals surface area contributed by atoms with E-state index in [-0.39, 0.29) is 49.0 Å². The number of hydrogen-bond donors (Lipinski definition) is 6. The summed E-state index contributed by atoms with van der Waals surface area (Å²) in [6.07, 6.45) is 10.1. The zero-order chi connectivity index (χ0) is 35.2. The van der Waals surface area contributed by atoms with Crippen LogP contribution in [0.15, 0.2) is 41.7 Å². The number of aliphatic imine (C=N–C) groups is 1. The fraction of sp³-hybridized carbons (Fsp3) is 0.556. The van der Waals surface area contributed by atoms with Crippen molar-refractivity contribution in [1.29, 1.82) is 0 Å². The standard InChI is InChI=1S/C36H53N7O5/c1-22-15-28(44)16-23(2)29(22)19-27(21-32(45)30(37)9-6-12-42-36(39)40)35(48)43-31(18-25-10-13-41-14-11-25)33(46)20-26(34(38)47)17-24-7-4-3-5-8-24/h10-11,13-16,24,26-27,30-31,44H,3-9,12,17-21,37H2,1-2H3,(H2,38,47)(H,43,48)(H4,39,40,42)/t26-,27-,30-,31+/m1/s1. The summed E-state index contributed by atoms with van der Waals surface area (Å²) in [6.45, 7) is 3.99. The highest BCUT2D eigenvalue weighted by atomic mass is 16.3. The molecule has 0 bridgehead atoms. The Morgan fingerprint density at radius 1 is 0.938 bits per heavy atom. The Morgan fingerprint density at radius 3 is 2.17 bits per heavy atom. The molecule has 0 radical (unpaired) electrons. The number of aromatic nitrogens is 1. The monoisotopic (exact) mass is 663 g/mol. The number of nitrogens with zero attached hydrogens (tertiary/aromatic N) is 2. The molecule has 1 saturated carbocycles. The Morgan fingerprint density at radius 2 is 1.56 bits per heavy atom. The summed E-state index contributed by atoms with van der Waals surface area (Å²) in [5.74, 6) is -2.67. The van der Waals surface area contributed by atoms with E-state index < -0.39 is 35.7 Å². The van der Waals surface area contributed by atoms with Crippen molar-refractivity contribution in [3.05, 3.63) is 58.9 Å². The maximum absolute atomic E-state index is 14.1. The molecule has 1 heterocycles. The third-order valence-corrected chi connectivity index (χ3v) is 9.42. The number of Topliss-reactive ketones (excluding diaryl/α,β-unsaturated/α-hetero) is 2. The van der Waals surface area contributed by atoms with E-state index in [0.29, 0.717) is 31.7 Å². The van der Waals surface area contributed by atoms with Gasteiger partial charge in [-0.25, -0.2) is 0 Å². The zero-order valence-corrected chi connectivity index (χ0v) is 28.3. The number of ketones is 2. The molecule has 2 aromatic rings. The number of hydrogen-bond acceptors (Lipinski definition) is 8. The fourth-order valence-electron chi connectivity index (χ4n) is 6.67. The van der Waals surface area contributed by atoms with Crippen LogP contribution in [0.2, 0.25) is 0 Å². The lowest BCUT2D eigenvalue weighted by molar-refractivity contribution is -0.133. The minimum Gasteiger partial charge on any atom is -0.508 e. The van der Waals surface area contributed by atoms with Crippen molar-refractivity contribution in [2.75, 3.05) is 6.54 Å². The third kappa shape index (κ3) is 12.4. The van der Waals surface area contributed by atoms with Crippen LogP contribution in [0, 0.1) is 31.6 Å². The van der Waals surface area contributed by atoms with Crippen molar-refractivity contribution in [1.82, 2.24) is 10.3 Å². The number of nitrogens with one attached hydrogen (secondary N) is 1. The van der Waals surface area contributed by atoms with Crippen molar-refractivity contribution in [3.63, 3.8) is 0 Å². The van der Waals surface area contributed by atoms with Gasteiger partial charge in [0.05, 0.1) is 12.1 Å². The second-order valence-corrected chi connectivity index (χ2v) is 13.3. The molecule has 0 saturated heterocycles. The van der Waals surface area contributed by atoms with Gasteiger partial charge in [-0.15, -0.1) is 0 Å². The van der Waals surface area contributed by atoms with Crippen LogP contribution in [-0.2, 0) is 32.0 Å². The largest absolute Gasteiger partial charge is 0.508 e. The van der Waals surface area contributed by atoms with E-state index >= 15 is 0 Å². The van der Waals surface area contributed by atoms with Gasteiger partial charge in [-0.2, -0.15) is 0 Å². The van der Waals surface area contributed by atoms with Crippen LogP contribution in [0.4, 0.5) is 0 Å². The number of amides is 2. The molecule has 3 rings (SSSR count). The molecular weight excluding hydrogens is 610 g/mol. The first kappa shape index (κ1) is 38.1. The highest BCUT2D eigenvalue weighted by Gasteiger charge is 2.32. The van der Waals surface area contributed by atoms with Crippen molar-refractivity contribution >= 4 is 29.3 Å². The first-order chi connectivity index (χ1) is 22.8. The number of rotatable bonds is 19. The number of phenolic OH excluding ortho intramolecular Hbond substituents is 1. The molecular formula is C36H53N7O5. The number of carbonyl (C=O) groups is 4. The van der Waals surface area contributed by atoms with Gasteiger partial charge in [-0.1, -0.05) is 32.1 Å². The topological polar surface area (TPSA) is 230 Å². The Balaban J connectivity index is 1.85. The smallest absolute Gasteiger partial charge is 0.224 e. The Hall–Kier alpha value is -4.32. The summed E-state index contributed by atoms with van der Waals surface area (Å²) in [5, 5.41) is 13.0. The molecule has 1 aliphatic rings. The van der Waals surface area contributed by atoms with Crippen LogP contribution in [0.5, 0.6) is 5.75 Å².